The SMILES string of the molecule is COc1cc(C(=O)O)ccc1NC(=O)[C@@H]1N[C@@H](CC(C)(C)C)[C@](CNC(=O)c2ccccc2)(c2ccc(Cl)cc2F)[C@H]1c1cccc(Cl)c1F. The van der Waals surface area contributed by atoms with Crippen LogP contribution in [0.15, 0.2) is 84.9 Å². The van der Waals surface area contributed by atoms with E-state index >= 15 is 8.78 Å². The van der Waals surface area contributed by atoms with Gasteiger partial charge in [-0.25, -0.2) is 13.6 Å². The number of rotatable bonds is 10. The van der Waals surface area contributed by atoms with Crippen LogP contribution in [-0.2, 0) is 10.2 Å². The smallest absolute Gasteiger partial charge is 0.335 e. The number of amides is 2. The van der Waals surface area contributed by atoms with Crippen LogP contribution in [0.1, 0.15) is 65.0 Å². The van der Waals surface area contributed by atoms with E-state index in [2.05, 4.69) is 16.0 Å². The molecule has 1 saturated heterocycles. The highest BCUT2D eigenvalue weighted by Gasteiger charge is 2.60. The Labute approximate surface area is 299 Å². The number of hydrogen-bond acceptors (Lipinski definition) is 5. The molecule has 50 heavy (non-hydrogen) atoms. The molecule has 0 aliphatic carbocycles. The van der Waals surface area contributed by atoms with Gasteiger partial charge in [-0.2, -0.15) is 0 Å². The van der Waals surface area contributed by atoms with Crippen molar-refractivity contribution in [3.05, 3.63) is 129 Å². The van der Waals surface area contributed by atoms with E-state index in [9.17, 15) is 19.5 Å². The second kappa shape index (κ2) is 14.8. The summed E-state index contributed by atoms with van der Waals surface area (Å²) in [5, 5.41) is 18.6. The molecule has 0 aromatic heterocycles. The molecule has 1 aliphatic rings. The van der Waals surface area contributed by atoms with E-state index in [0.29, 0.717) is 12.0 Å². The molecule has 0 bridgehead atoms. The molecular weight excluding hydrogens is 687 g/mol. The number of carboxylic acid groups (broad SMARTS) is 1. The van der Waals surface area contributed by atoms with E-state index < -0.39 is 58.2 Å². The predicted molar refractivity (Wildman–Crippen MR) is 189 cm³/mol. The van der Waals surface area contributed by atoms with E-state index in [0.717, 1.165) is 6.07 Å². The number of halogens is 4. The molecule has 2 amide bonds. The molecule has 1 aliphatic heterocycles. The summed E-state index contributed by atoms with van der Waals surface area (Å²) in [7, 11) is 1.33. The van der Waals surface area contributed by atoms with Crippen molar-refractivity contribution in [1.82, 2.24) is 10.6 Å². The van der Waals surface area contributed by atoms with Crippen molar-refractivity contribution in [2.24, 2.45) is 5.41 Å². The zero-order chi connectivity index (χ0) is 36.4. The van der Waals surface area contributed by atoms with Crippen LogP contribution in [0.5, 0.6) is 5.75 Å². The number of benzene rings is 4. The van der Waals surface area contributed by atoms with Gasteiger partial charge in [-0.15, -0.1) is 0 Å². The first-order chi connectivity index (χ1) is 23.7. The monoisotopic (exact) mass is 723 g/mol. The highest BCUT2D eigenvalue weighted by Crippen LogP contribution is 2.53. The normalized spacial score (nSPS) is 20.3. The van der Waals surface area contributed by atoms with Gasteiger partial charge >= 0.3 is 5.97 Å². The van der Waals surface area contributed by atoms with Gasteiger partial charge in [0, 0.05) is 34.5 Å². The molecule has 262 valence electrons. The van der Waals surface area contributed by atoms with Crippen molar-refractivity contribution < 1.29 is 33.0 Å². The summed E-state index contributed by atoms with van der Waals surface area (Å²) in [6, 6.07) is 19.1. The number of ether oxygens (including phenoxy) is 1. The Bertz CT molecular complexity index is 1920. The summed E-state index contributed by atoms with van der Waals surface area (Å²) in [4.78, 5) is 39.7. The zero-order valence-corrected chi connectivity index (χ0v) is 29.3. The molecule has 0 spiro atoms. The molecule has 5 rings (SSSR count). The highest BCUT2D eigenvalue weighted by atomic mass is 35.5. The summed E-state index contributed by atoms with van der Waals surface area (Å²) in [6.45, 7) is 5.73. The van der Waals surface area contributed by atoms with Crippen LogP contribution < -0.4 is 20.7 Å². The van der Waals surface area contributed by atoms with Gasteiger partial charge in [-0.3, -0.25) is 9.59 Å². The molecule has 4 N–H and O–H groups in total. The fourth-order valence-electron chi connectivity index (χ4n) is 6.88. The van der Waals surface area contributed by atoms with Crippen LogP contribution in [0.4, 0.5) is 14.5 Å². The molecule has 0 radical (unpaired) electrons. The summed E-state index contributed by atoms with van der Waals surface area (Å²) >= 11 is 12.6. The van der Waals surface area contributed by atoms with Gasteiger partial charge in [0.2, 0.25) is 5.91 Å². The first-order valence-electron chi connectivity index (χ1n) is 15.9. The fraction of sp³-hybridized carbons (Fsp3) is 0.289. The van der Waals surface area contributed by atoms with Gasteiger partial charge in [0.25, 0.3) is 5.91 Å². The molecule has 1 fully saturated rings. The zero-order valence-electron chi connectivity index (χ0n) is 27.8. The van der Waals surface area contributed by atoms with E-state index in [1.54, 1.807) is 36.4 Å². The maximum absolute atomic E-state index is 16.4. The second-order valence-electron chi connectivity index (χ2n) is 13.5. The van der Waals surface area contributed by atoms with Crippen LogP contribution in [0.2, 0.25) is 10.0 Å². The Kier molecular flexibility index (Phi) is 10.9. The van der Waals surface area contributed by atoms with Crippen molar-refractivity contribution in [2.75, 3.05) is 19.0 Å². The number of hydrogen-bond donors (Lipinski definition) is 4. The van der Waals surface area contributed by atoms with E-state index in [4.69, 9.17) is 27.9 Å². The summed E-state index contributed by atoms with van der Waals surface area (Å²) in [5.41, 5.74) is -1.32. The van der Waals surface area contributed by atoms with Gasteiger partial charge < -0.3 is 25.8 Å². The minimum absolute atomic E-state index is 0.0260. The lowest BCUT2D eigenvalue weighted by molar-refractivity contribution is -0.118. The Morgan fingerprint density at radius 2 is 1.66 bits per heavy atom. The van der Waals surface area contributed by atoms with Gasteiger partial charge in [0.05, 0.1) is 29.4 Å². The van der Waals surface area contributed by atoms with Crippen LogP contribution in [0.25, 0.3) is 0 Å². The first kappa shape index (κ1) is 36.8. The summed E-state index contributed by atoms with van der Waals surface area (Å²) in [5.74, 6) is -4.86. The lowest BCUT2D eigenvalue weighted by Gasteiger charge is -2.43. The fourth-order valence-corrected chi connectivity index (χ4v) is 7.22. The van der Waals surface area contributed by atoms with E-state index in [1.165, 1.54) is 49.6 Å². The van der Waals surface area contributed by atoms with Gasteiger partial charge in [0.15, 0.2) is 0 Å². The van der Waals surface area contributed by atoms with Crippen LogP contribution >= 0.6 is 23.2 Å². The Balaban J connectivity index is 1.74. The number of methoxy groups -OCH3 is 1. The molecule has 4 atom stereocenters. The maximum Gasteiger partial charge on any atom is 0.335 e. The van der Waals surface area contributed by atoms with E-state index in [-0.39, 0.29) is 44.7 Å². The summed E-state index contributed by atoms with van der Waals surface area (Å²) < 4.78 is 38.2. The van der Waals surface area contributed by atoms with Gasteiger partial charge in [0.1, 0.15) is 17.4 Å². The van der Waals surface area contributed by atoms with E-state index in [1.807, 2.05) is 20.8 Å². The van der Waals surface area contributed by atoms with Crippen molar-refractivity contribution in [3.8, 4) is 5.75 Å². The first-order valence-corrected chi connectivity index (χ1v) is 16.6. The Morgan fingerprint density at radius 3 is 2.30 bits per heavy atom. The Morgan fingerprint density at radius 1 is 0.940 bits per heavy atom. The van der Waals surface area contributed by atoms with Crippen molar-refractivity contribution >= 4 is 46.7 Å². The maximum atomic E-state index is 16.4. The van der Waals surface area contributed by atoms with Gasteiger partial charge in [-0.1, -0.05) is 80.4 Å². The minimum Gasteiger partial charge on any atom is -0.495 e. The predicted octanol–water partition coefficient (Wildman–Crippen LogP) is 7.85. The van der Waals surface area contributed by atoms with Crippen molar-refractivity contribution in [2.45, 2.75) is 50.6 Å². The largest absolute Gasteiger partial charge is 0.495 e. The average Bonchev–Trinajstić information content (AvgIpc) is 3.37. The molecule has 12 heteroatoms. The molecule has 4 aromatic rings. The number of carboxylic acids is 1. The lowest BCUT2D eigenvalue weighted by Crippen LogP contribution is -2.53. The summed E-state index contributed by atoms with van der Waals surface area (Å²) in [6.07, 6.45) is 0.357. The molecule has 1 heterocycles. The highest BCUT2D eigenvalue weighted by molar-refractivity contribution is 6.31. The standard InChI is InChI=1S/C38H37Cl2F2N3O5/c1-37(2,3)19-30-38(25-15-14-23(39)18-27(25)41,20-43-34(46)21-9-6-5-7-10-21)31(24-11-8-12-26(40)32(24)42)33(45-30)35(47)44-28-16-13-22(36(48)49)17-29(28)50-4/h5-18,30-31,33,45H,19-20H2,1-4H3,(H,43,46)(H,44,47)(H,48,49)/t30-,31-,33+,38-/m0/s1. The molecule has 0 unspecified atom stereocenters. The average molecular weight is 725 g/mol. The number of anilines is 1. The van der Waals surface area contributed by atoms with Gasteiger partial charge in [-0.05, 0) is 71.5 Å². The quantitative estimate of drug-likeness (QED) is 0.133. The number of nitrogens with one attached hydrogen (secondary N) is 3. The Hall–Kier alpha value is -4.51. The lowest BCUT2D eigenvalue weighted by atomic mass is 9.61. The van der Waals surface area contributed by atoms with Crippen molar-refractivity contribution in [3.63, 3.8) is 0 Å². The second-order valence-corrected chi connectivity index (χ2v) is 14.3. The molecule has 4 aromatic carbocycles. The van der Waals surface area contributed by atoms with Crippen molar-refractivity contribution in [1.29, 1.82) is 0 Å². The minimum atomic E-state index is -1.50. The van der Waals surface area contributed by atoms with Crippen LogP contribution in [-0.4, -0.2) is 48.6 Å². The molecular formula is C38H37Cl2F2N3O5. The van der Waals surface area contributed by atoms with Crippen LogP contribution in [0, 0.1) is 17.0 Å². The topological polar surface area (TPSA) is 117 Å². The van der Waals surface area contributed by atoms with Crippen LogP contribution in [0.3, 0.4) is 0 Å². The third kappa shape index (κ3) is 7.47. The molecule has 0 saturated carbocycles. The number of carbonyl (C=O) groups excluding carboxylic acids is 2. The third-order valence-corrected chi connectivity index (χ3v) is 9.55. The molecule has 8 nitrogen and oxygen atoms in total. The third-order valence-electron chi connectivity index (χ3n) is 9.02. The number of aromatic carboxylic acids is 1. The number of carbonyl (C=O) groups is 3.